The van der Waals surface area contributed by atoms with Crippen molar-refractivity contribution in [3.63, 3.8) is 0 Å². The van der Waals surface area contributed by atoms with Gasteiger partial charge in [0.1, 0.15) is 10.8 Å². The molecule has 0 saturated heterocycles. The van der Waals surface area contributed by atoms with Gasteiger partial charge in [0.25, 0.3) is 11.8 Å². The maximum absolute atomic E-state index is 12.4. The topological polar surface area (TPSA) is 85.3 Å². The molecular weight excluding hydrogens is 336 g/mol. The van der Waals surface area contributed by atoms with E-state index in [4.69, 9.17) is 10.2 Å². The Morgan fingerprint density at radius 2 is 2.04 bits per heavy atom. The van der Waals surface area contributed by atoms with Crippen molar-refractivity contribution in [2.24, 2.45) is 17.1 Å². The van der Waals surface area contributed by atoms with Crippen molar-refractivity contribution in [1.82, 2.24) is 0 Å². The standard InChI is InChI=1S/C19H24N2O3S/c1-10-5-8-13(24-10)17(23)21-18-15(16(20)22)12-7-6-11(19(2,3)4)9-14(12)25-18/h5,8,11H,6-7,9H2,1-4H3,(H2,20,22)(H,21,23). The normalized spacial score (nSPS) is 17.2. The van der Waals surface area contributed by atoms with E-state index in [1.807, 2.05) is 0 Å². The van der Waals surface area contributed by atoms with Crippen LogP contribution in [0.5, 0.6) is 0 Å². The van der Waals surface area contributed by atoms with Crippen LogP contribution in [-0.4, -0.2) is 11.8 Å². The van der Waals surface area contributed by atoms with Gasteiger partial charge in [0.2, 0.25) is 0 Å². The Hall–Kier alpha value is -2.08. The molecule has 0 bridgehead atoms. The lowest BCUT2D eigenvalue weighted by Gasteiger charge is -2.33. The van der Waals surface area contributed by atoms with Crippen LogP contribution in [0, 0.1) is 18.3 Å². The minimum absolute atomic E-state index is 0.212. The molecule has 2 heterocycles. The summed E-state index contributed by atoms with van der Waals surface area (Å²) in [5.41, 5.74) is 7.29. The highest BCUT2D eigenvalue weighted by Crippen LogP contribution is 2.44. The van der Waals surface area contributed by atoms with Crippen molar-refractivity contribution in [3.8, 4) is 0 Å². The number of furan rings is 1. The molecule has 0 fully saturated rings. The molecule has 0 spiro atoms. The first kappa shape index (κ1) is 17.7. The molecule has 0 radical (unpaired) electrons. The first-order valence-corrected chi connectivity index (χ1v) is 9.30. The minimum Gasteiger partial charge on any atom is -0.456 e. The molecule has 1 aliphatic carbocycles. The molecule has 3 rings (SSSR count). The predicted octanol–water partition coefficient (Wildman–Crippen LogP) is 4.15. The van der Waals surface area contributed by atoms with Crippen molar-refractivity contribution in [2.75, 3.05) is 5.32 Å². The van der Waals surface area contributed by atoms with E-state index in [-0.39, 0.29) is 17.1 Å². The van der Waals surface area contributed by atoms with Crippen molar-refractivity contribution >= 4 is 28.2 Å². The molecule has 25 heavy (non-hydrogen) atoms. The number of anilines is 1. The highest BCUT2D eigenvalue weighted by Gasteiger charge is 2.33. The second kappa shape index (κ2) is 6.33. The Labute approximate surface area is 151 Å². The number of nitrogens with one attached hydrogen (secondary N) is 1. The zero-order chi connectivity index (χ0) is 18.4. The number of hydrogen-bond donors (Lipinski definition) is 2. The Bertz CT molecular complexity index is 826. The van der Waals surface area contributed by atoms with E-state index < -0.39 is 5.91 Å². The summed E-state index contributed by atoms with van der Waals surface area (Å²) in [4.78, 5) is 25.6. The number of nitrogens with two attached hydrogens (primary N) is 1. The number of rotatable bonds is 3. The van der Waals surface area contributed by atoms with Crippen molar-refractivity contribution < 1.29 is 14.0 Å². The Morgan fingerprint density at radius 1 is 1.32 bits per heavy atom. The SMILES string of the molecule is Cc1ccc(C(=O)Nc2sc3c(c2C(N)=O)CCC(C(C)(C)C)C3)o1. The third-order valence-corrected chi connectivity index (χ3v) is 6.10. The van der Waals surface area contributed by atoms with Crippen LogP contribution >= 0.6 is 11.3 Å². The molecule has 134 valence electrons. The smallest absolute Gasteiger partial charge is 0.291 e. The summed E-state index contributed by atoms with van der Waals surface area (Å²) in [6.07, 6.45) is 2.76. The van der Waals surface area contributed by atoms with E-state index in [2.05, 4.69) is 26.1 Å². The van der Waals surface area contributed by atoms with Crippen molar-refractivity contribution in [1.29, 1.82) is 0 Å². The largest absolute Gasteiger partial charge is 0.456 e. The number of carbonyl (C=O) groups excluding carboxylic acids is 2. The van der Waals surface area contributed by atoms with Gasteiger partial charge in [-0.05, 0) is 55.2 Å². The molecule has 3 N–H and O–H groups in total. The molecule has 2 amide bonds. The number of thiophene rings is 1. The molecule has 1 atom stereocenters. The second-order valence-corrected chi connectivity index (χ2v) is 8.85. The van der Waals surface area contributed by atoms with Crippen LogP contribution in [-0.2, 0) is 12.8 Å². The second-order valence-electron chi connectivity index (χ2n) is 7.74. The highest BCUT2D eigenvalue weighted by molar-refractivity contribution is 7.17. The van der Waals surface area contributed by atoms with Crippen molar-refractivity contribution in [3.05, 3.63) is 39.7 Å². The number of fused-ring (bicyclic) bond motifs is 1. The average molecular weight is 360 g/mol. The van der Waals surface area contributed by atoms with E-state index in [0.29, 0.717) is 22.2 Å². The number of aryl methyl sites for hydroxylation is 1. The summed E-state index contributed by atoms with van der Waals surface area (Å²) in [5, 5.41) is 3.35. The molecule has 2 aromatic rings. The van der Waals surface area contributed by atoms with Crippen LogP contribution < -0.4 is 11.1 Å². The zero-order valence-electron chi connectivity index (χ0n) is 15.1. The van der Waals surface area contributed by atoms with Gasteiger partial charge in [-0.3, -0.25) is 9.59 Å². The molecule has 6 heteroatoms. The number of hydrogen-bond acceptors (Lipinski definition) is 4. The molecule has 1 aliphatic rings. The molecule has 5 nitrogen and oxygen atoms in total. The lowest BCUT2D eigenvalue weighted by Crippen LogP contribution is -2.27. The summed E-state index contributed by atoms with van der Waals surface area (Å²) in [6.45, 7) is 8.51. The maximum atomic E-state index is 12.4. The minimum atomic E-state index is -0.488. The van der Waals surface area contributed by atoms with Gasteiger partial charge in [-0.1, -0.05) is 20.8 Å². The lowest BCUT2D eigenvalue weighted by molar-refractivity contribution is 0.0995. The van der Waals surface area contributed by atoms with Crippen LogP contribution in [0.1, 0.15) is 64.3 Å². The average Bonchev–Trinajstić information content (AvgIpc) is 3.08. The van der Waals surface area contributed by atoms with Gasteiger partial charge in [-0.25, -0.2) is 0 Å². The van der Waals surface area contributed by atoms with Gasteiger partial charge >= 0.3 is 0 Å². The lowest BCUT2D eigenvalue weighted by atomic mass is 9.72. The fraction of sp³-hybridized carbons (Fsp3) is 0.474. The van der Waals surface area contributed by atoms with Crippen LogP contribution in [0.25, 0.3) is 0 Å². The summed E-state index contributed by atoms with van der Waals surface area (Å²) < 4.78 is 5.36. The van der Waals surface area contributed by atoms with Gasteiger partial charge in [-0.15, -0.1) is 11.3 Å². The third kappa shape index (κ3) is 3.49. The third-order valence-electron chi connectivity index (χ3n) is 4.93. The summed E-state index contributed by atoms with van der Waals surface area (Å²) >= 11 is 1.47. The summed E-state index contributed by atoms with van der Waals surface area (Å²) in [6, 6.07) is 3.36. The fourth-order valence-electron chi connectivity index (χ4n) is 3.40. The quantitative estimate of drug-likeness (QED) is 0.862. The Balaban J connectivity index is 1.91. The van der Waals surface area contributed by atoms with Gasteiger partial charge in [0.15, 0.2) is 5.76 Å². The molecule has 0 aromatic carbocycles. The first-order valence-electron chi connectivity index (χ1n) is 8.49. The monoisotopic (exact) mass is 360 g/mol. The van der Waals surface area contributed by atoms with E-state index in [0.717, 1.165) is 29.7 Å². The molecule has 2 aromatic heterocycles. The maximum Gasteiger partial charge on any atom is 0.291 e. The van der Waals surface area contributed by atoms with Crippen LogP contribution in [0.2, 0.25) is 0 Å². The molecule has 0 saturated carbocycles. The van der Waals surface area contributed by atoms with Gasteiger partial charge in [-0.2, -0.15) is 0 Å². The zero-order valence-corrected chi connectivity index (χ0v) is 15.9. The predicted molar refractivity (Wildman–Crippen MR) is 99.2 cm³/mol. The van der Waals surface area contributed by atoms with Gasteiger partial charge in [0.05, 0.1) is 5.56 Å². The molecule has 0 aliphatic heterocycles. The molecule has 1 unspecified atom stereocenters. The number of carbonyl (C=O) groups is 2. The number of primary amides is 1. The van der Waals surface area contributed by atoms with Crippen LogP contribution in [0.3, 0.4) is 0 Å². The summed E-state index contributed by atoms with van der Waals surface area (Å²) in [7, 11) is 0. The van der Waals surface area contributed by atoms with Crippen LogP contribution in [0.15, 0.2) is 16.5 Å². The first-order chi connectivity index (χ1) is 11.7. The number of amides is 2. The van der Waals surface area contributed by atoms with Gasteiger partial charge < -0.3 is 15.5 Å². The van der Waals surface area contributed by atoms with E-state index in [1.54, 1.807) is 19.1 Å². The van der Waals surface area contributed by atoms with E-state index in [9.17, 15) is 9.59 Å². The van der Waals surface area contributed by atoms with Crippen molar-refractivity contribution in [2.45, 2.75) is 47.0 Å². The van der Waals surface area contributed by atoms with E-state index in [1.165, 1.54) is 11.3 Å². The molecular formula is C19H24N2O3S. The highest BCUT2D eigenvalue weighted by atomic mass is 32.1. The summed E-state index contributed by atoms with van der Waals surface area (Å²) in [5.74, 6) is 0.598. The Kier molecular flexibility index (Phi) is 4.49. The Morgan fingerprint density at radius 3 is 2.60 bits per heavy atom. The van der Waals surface area contributed by atoms with Crippen LogP contribution in [0.4, 0.5) is 5.00 Å². The fourth-order valence-corrected chi connectivity index (χ4v) is 4.72. The van der Waals surface area contributed by atoms with Gasteiger partial charge in [0, 0.05) is 4.88 Å². The van der Waals surface area contributed by atoms with E-state index >= 15 is 0 Å².